The van der Waals surface area contributed by atoms with Crippen molar-refractivity contribution in [3.8, 4) is 44.5 Å². The quantitative estimate of drug-likeness (QED) is 0.167. The zero-order valence-electron chi connectivity index (χ0n) is 34.1. The van der Waals surface area contributed by atoms with Gasteiger partial charge in [0.1, 0.15) is 11.2 Å². The molecule has 1 aromatic heterocycles. The highest BCUT2D eigenvalue weighted by atomic mass is 16.3. The van der Waals surface area contributed by atoms with Crippen LogP contribution in [0.1, 0.15) is 25.0 Å². The Hall–Kier alpha value is -7.68. The first-order chi connectivity index (χ1) is 30.0. The summed E-state index contributed by atoms with van der Waals surface area (Å²) < 4.78 is 6.45. The van der Waals surface area contributed by atoms with E-state index in [1.165, 1.54) is 71.7 Å². The summed E-state index contributed by atoms with van der Waals surface area (Å²) >= 11 is 0. The number of para-hydroxylation sites is 1. The van der Waals surface area contributed by atoms with Gasteiger partial charge in [-0.2, -0.15) is 0 Å². The molecule has 0 aliphatic heterocycles. The molecule has 0 N–H and O–H groups in total. The minimum atomic E-state index is -0.209. The van der Waals surface area contributed by atoms with Crippen LogP contribution in [0.25, 0.3) is 88.0 Å². The largest absolute Gasteiger partial charge is 0.456 e. The SMILES string of the molecule is CC1(C)c2ccccc2-c2cccc(N(c3ccc(-c4ccc(-c5cccc6ccccc56)cc4)cc3)c3ccccc3-c3ccc4oc5cc6ccccc6cc5c4c3)c21. The zero-order valence-corrected chi connectivity index (χ0v) is 34.1. The number of benzene rings is 10. The molecule has 11 aromatic rings. The first-order valence-electron chi connectivity index (χ1n) is 21.2. The summed E-state index contributed by atoms with van der Waals surface area (Å²) in [7, 11) is 0. The average Bonchev–Trinajstić information content (AvgIpc) is 3.79. The molecule has 10 aromatic carbocycles. The predicted octanol–water partition coefficient (Wildman–Crippen LogP) is 16.7. The van der Waals surface area contributed by atoms with E-state index < -0.39 is 0 Å². The van der Waals surface area contributed by atoms with E-state index in [1.807, 2.05) is 0 Å². The van der Waals surface area contributed by atoms with Gasteiger partial charge in [0.2, 0.25) is 0 Å². The number of hydrogen-bond donors (Lipinski definition) is 0. The van der Waals surface area contributed by atoms with Crippen LogP contribution in [0.5, 0.6) is 0 Å². The van der Waals surface area contributed by atoms with Crippen molar-refractivity contribution in [2.75, 3.05) is 4.90 Å². The Morgan fingerprint density at radius 2 is 0.918 bits per heavy atom. The number of anilines is 3. The minimum Gasteiger partial charge on any atom is -0.456 e. The van der Waals surface area contributed by atoms with Crippen LogP contribution in [0.2, 0.25) is 0 Å². The van der Waals surface area contributed by atoms with E-state index in [4.69, 9.17) is 4.42 Å². The van der Waals surface area contributed by atoms with E-state index in [-0.39, 0.29) is 5.41 Å². The summed E-state index contributed by atoms with van der Waals surface area (Å²) in [5.74, 6) is 0. The lowest BCUT2D eigenvalue weighted by atomic mass is 9.81. The summed E-state index contributed by atoms with van der Waals surface area (Å²) in [4.78, 5) is 2.49. The third-order valence-electron chi connectivity index (χ3n) is 13.0. The third kappa shape index (κ3) is 5.64. The van der Waals surface area contributed by atoms with Crippen molar-refractivity contribution in [3.05, 3.63) is 223 Å². The Balaban J connectivity index is 1.00. The molecule has 0 radical (unpaired) electrons. The summed E-state index contributed by atoms with van der Waals surface area (Å²) in [6, 6.07) is 77.5. The molecule has 0 bridgehead atoms. The van der Waals surface area contributed by atoms with Gasteiger partial charge in [-0.15, -0.1) is 0 Å². The number of nitrogens with zero attached hydrogens (tertiary/aromatic N) is 1. The van der Waals surface area contributed by atoms with Gasteiger partial charge in [-0.3, -0.25) is 0 Å². The maximum atomic E-state index is 6.45. The minimum absolute atomic E-state index is 0.209. The van der Waals surface area contributed by atoms with E-state index in [9.17, 15) is 0 Å². The Morgan fingerprint density at radius 3 is 1.74 bits per heavy atom. The van der Waals surface area contributed by atoms with Gasteiger partial charge in [-0.1, -0.05) is 178 Å². The van der Waals surface area contributed by atoms with Gasteiger partial charge in [0.15, 0.2) is 0 Å². The maximum Gasteiger partial charge on any atom is 0.136 e. The van der Waals surface area contributed by atoms with Gasteiger partial charge in [0, 0.05) is 27.4 Å². The second kappa shape index (κ2) is 13.7. The molecule has 0 fully saturated rings. The van der Waals surface area contributed by atoms with Crippen LogP contribution in [0, 0.1) is 0 Å². The normalized spacial score (nSPS) is 12.9. The molecule has 0 saturated carbocycles. The molecule has 0 atom stereocenters. The van der Waals surface area contributed by atoms with Gasteiger partial charge < -0.3 is 9.32 Å². The fourth-order valence-corrected chi connectivity index (χ4v) is 10.1. The molecule has 0 saturated heterocycles. The van der Waals surface area contributed by atoms with Crippen molar-refractivity contribution in [1.29, 1.82) is 0 Å². The molecule has 0 unspecified atom stereocenters. The van der Waals surface area contributed by atoms with Crippen LogP contribution in [0.15, 0.2) is 217 Å². The maximum absolute atomic E-state index is 6.45. The van der Waals surface area contributed by atoms with E-state index in [0.717, 1.165) is 44.4 Å². The Morgan fingerprint density at radius 1 is 0.361 bits per heavy atom. The van der Waals surface area contributed by atoms with Crippen molar-refractivity contribution in [2.45, 2.75) is 19.3 Å². The second-order valence-corrected chi connectivity index (χ2v) is 16.9. The van der Waals surface area contributed by atoms with Gasteiger partial charge >= 0.3 is 0 Å². The predicted molar refractivity (Wildman–Crippen MR) is 257 cm³/mol. The van der Waals surface area contributed by atoms with Gasteiger partial charge in [-0.05, 0) is 120 Å². The van der Waals surface area contributed by atoms with Crippen molar-refractivity contribution in [3.63, 3.8) is 0 Å². The third-order valence-corrected chi connectivity index (χ3v) is 13.0. The summed E-state index contributed by atoms with van der Waals surface area (Å²) in [5.41, 5.74) is 17.4. The number of fused-ring (bicyclic) bond motifs is 8. The topological polar surface area (TPSA) is 16.4 Å². The van der Waals surface area contributed by atoms with Crippen LogP contribution in [0.3, 0.4) is 0 Å². The first kappa shape index (κ1) is 35.3. The van der Waals surface area contributed by atoms with Crippen LogP contribution in [-0.4, -0.2) is 0 Å². The molecule has 1 heterocycles. The van der Waals surface area contributed by atoms with E-state index >= 15 is 0 Å². The molecule has 12 rings (SSSR count). The van der Waals surface area contributed by atoms with Gasteiger partial charge in [0.25, 0.3) is 0 Å². The van der Waals surface area contributed by atoms with E-state index in [0.29, 0.717) is 0 Å². The lowest BCUT2D eigenvalue weighted by Gasteiger charge is -2.33. The summed E-state index contributed by atoms with van der Waals surface area (Å²) in [5, 5.41) is 7.16. The Kier molecular flexibility index (Phi) is 7.92. The molecule has 0 spiro atoms. The monoisotopic (exact) mass is 779 g/mol. The molecular weight excluding hydrogens is 739 g/mol. The molecule has 61 heavy (non-hydrogen) atoms. The first-order valence-corrected chi connectivity index (χ1v) is 21.2. The highest BCUT2D eigenvalue weighted by molar-refractivity contribution is 6.11. The van der Waals surface area contributed by atoms with Crippen molar-refractivity contribution < 1.29 is 4.42 Å². The number of hydrogen-bond acceptors (Lipinski definition) is 2. The number of rotatable bonds is 6. The van der Waals surface area contributed by atoms with Gasteiger partial charge in [0.05, 0.1) is 11.4 Å². The van der Waals surface area contributed by atoms with Crippen molar-refractivity contribution >= 4 is 60.5 Å². The zero-order chi connectivity index (χ0) is 40.7. The molecule has 1 aliphatic rings. The van der Waals surface area contributed by atoms with Crippen LogP contribution < -0.4 is 4.90 Å². The fraction of sp³-hybridized carbons (Fsp3) is 0.0508. The molecule has 2 nitrogen and oxygen atoms in total. The van der Waals surface area contributed by atoms with Crippen molar-refractivity contribution in [2.24, 2.45) is 0 Å². The second-order valence-electron chi connectivity index (χ2n) is 16.9. The van der Waals surface area contributed by atoms with Gasteiger partial charge in [-0.25, -0.2) is 0 Å². The molecule has 2 heteroatoms. The van der Waals surface area contributed by atoms with Crippen LogP contribution in [-0.2, 0) is 5.41 Å². The number of furan rings is 1. The summed E-state index contributed by atoms with van der Waals surface area (Å²) in [6.07, 6.45) is 0. The van der Waals surface area contributed by atoms with Crippen LogP contribution >= 0.6 is 0 Å². The summed E-state index contributed by atoms with van der Waals surface area (Å²) in [6.45, 7) is 4.75. The van der Waals surface area contributed by atoms with E-state index in [2.05, 4.69) is 231 Å². The fourth-order valence-electron chi connectivity index (χ4n) is 10.1. The molecule has 288 valence electrons. The smallest absolute Gasteiger partial charge is 0.136 e. The molecule has 1 aliphatic carbocycles. The average molecular weight is 780 g/mol. The standard InChI is InChI=1S/C59H41NO/c1-59(2)53-22-9-7-19-49(53)50-21-12-24-55(58(50)59)60(45-32-29-39(30-33-45)38-25-27-41(28-26-38)47-20-11-16-40-13-5-6-17-46(40)47)54-23-10-8-18-48(54)44-31-34-56-51(36-44)52-35-42-14-3-4-15-43(42)37-57(52)61-56/h3-37H,1-2H3. The van der Waals surface area contributed by atoms with E-state index in [1.54, 1.807) is 0 Å². The Bertz CT molecular complexity index is 3490. The molecular formula is C59H41NO. The lowest BCUT2D eigenvalue weighted by molar-refractivity contribution is 0.661. The van der Waals surface area contributed by atoms with Crippen LogP contribution in [0.4, 0.5) is 17.1 Å². The van der Waals surface area contributed by atoms with Crippen molar-refractivity contribution in [1.82, 2.24) is 0 Å². The Labute approximate surface area is 355 Å². The lowest BCUT2D eigenvalue weighted by Crippen LogP contribution is -2.21. The highest BCUT2D eigenvalue weighted by Crippen LogP contribution is 2.55. The highest BCUT2D eigenvalue weighted by Gasteiger charge is 2.39. The molecule has 0 amide bonds.